The van der Waals surface area contributed by atoms with Gasteiger partial charge in [-0.15, -0.1) is 0 Å². The van der Waals surface area contributed by atoms with Crippen LogP contribution in [0.5, 0.6) is 0 Å². The van der Waals surface area contributed by atoms with Crippen LogP contribution in [0.25, 0.3) is 0 Å². The third-order valence-electron chi connectivity index (χ3n) is 4.44. The fourth-order valence-electron chi connectivity index (χ4n) is 2.97. The van der Waals surface area contributed by atoms with E-state index in [-0.39, 0.29) is 0 Å². The van der Waals surface area contributed by atoms with E-state index >= 15 is 0 Å². The first-order valence-corrected chi connectivity index (χ1v) is 9.47. The maximum absolute atomic E-state index is 6.15. The van der Waals surface area contributed by atoms with Gasteiger partial charge in [-0.05, 0) is 54.5 Å². The van der Waals surface area contributed by atoms with Crippen molar-refractivity contribution in [3.63, 3.8) is 0 Å². The number of nitrogens with one attached hydrogen (secondary N) is 1. The number of aryl methyl sites for hydroxylation is 1. The molecule has 132 valence electrons. The Labute approximate surface area is 164 Å². The number of benzene rings is 2. The summed E-state index contributed by atoms with van der Waals surface area (Å²) in [4.78, 5) is 4.60. The number of halogens is 2. The SMILES string of the molecule is Cc1ccc(Cl)cc1N1CCN(C(=S)NCc2ccc(Cl)cc2)CC1. The second kappa shape index (κ2) is 8.26. The largest absolute Gasteiger partial charge is 0.368 e. The Morgan fingerprint density at radius 1 is 1.00 bits per heavy atom. The van der Waals surface area contributed by atoms with Crippen LogP contribution in [0.1, 0.15) is 11.1 Å². The summed E-state index contributed by atoms with van der Waals surface area (Å²) >= 11 is 17.6. The molecule has 0 aliphatic carbocycles. The highest BCUT2D eigenvalue weighted by molar-refractivity contribution is 7.80. The fraction of sp³-hybridized carbons (Fsp3) is 0.316. The van der Waals surface area contributed by atoms with E-state index < -0.39 is 0 Å². The molecule has 0 atom stereocenters. The van der Waals surface area contributed by atoms with Crippen molar-refractivity contribution < 1.29 is 0 Å². The van der Waals surface area contributed by atoms with Crippen molar-refractivity contribution in [3.05, 3.63) is 63.6 Å². The highest BCUT2D eigenvalue weighted by atomic mass is 35.5. The van der Waals surface area contributed by atoms with Crippen LogP contribution in [0.2, 0.25) is 10.0 Å². The Morgan fingerprint density at radius 3 is 2.32 bits per heavy atom. The Kier molecular flexibility index (Phi) is 6.05. The molecule has 0 radical (unpaired) electrons. The zero-order chi connectivity index (χ0) is 17.8. The molecule has 3 rings (SSSR count). The maximum atomic E-state index is 6.15. The molecular weight excluding hydrogens is 373 g/mol. The minimum absolute atomic E-state index is 0.712. The van der Waals surface area contributed by atoms with Crippen LogP contribution < -0.4 is 10.2 Å². The highest BCUT2D eigenvalue weighted by Gasteiger charge is 2.20. The van der Waals surface area contributed by atoms with E-state index in [0.717, 1.165) is 41.3 Å². The summed E-state index contributed by atoms with van der Waals surface area (Å²) in [5, 5.41) is 5.67. The predicted octanol–water partition coefficient (Wildman–Crippen LogP) is 4.50. The summed E-state index contributed by atoms with van der Waals surface area (Å²) < 4.78 is 0. The van der Waals surface area contributed by atoms with Gasteiger partial charge in [0.05, 0.1) is 0 Å². The lowest BCUT2D eigenvalue weighted by Gasteiger charge is -2.38. The number of nitrogens with zero attached hydrogens (tertiary/aromatic N) is 2. The van der Waals surface area contributed by atoms with Crippen LogP contribution in [0.4, 0.5) is 5.69 Å². The third kappa shape index (κ3) is 4.78. The first-order valence-electron chi connectivity index (χ1n) is 8.31. The van der Waals surface area contributed by atoms with Gasteiger partial charge in [-0.25, -0.2) is 0 Å². The maximum Gasteiger partial charge on any atom is 0.169 e. The van der Waals surface area contributed by atoms with Gasteiger partial charge in [-0.2, -0.15) is 0 Å². The molecule has 0 unspecified atom stereocenters. The number of rotatable bonds is 3. The van der Waals surface area contributed by atoms with Gasteiger partial charge in [-0.3, -0.25) is 0 Å². The van der Waals surface area contributed by atoms with E-state index in [4.69, 9.17) is 35.4 Å². The summed E-state index contributed by atoms with van der Waals surface area (Å²) in [5.41, 5.74) is 3.63. The zero-order valence-electron chi connectivity index (χ0n) is 14.1. The van der Waals surface area contributed by atoms with Crippen molar-refractivity contribution >= 4 is 46.2 Å². The second-order valence-corrected chi connectivity index (χ2v) is 7.45. The van der Waals surface area contributed by atoms with Crippen molar-refractivity contribution in [1.82, 2.24) is 10.2 Å². The van der Waals surface area contributed by atoms with E-state index in [9.17, 15) is 0 Å². The summed E-state index contributed by atoms with van der Waals surface area (Å²) in [7, 11) is 0. The van der Waals surface area contributed by atoms with E-state index in [0.29, 0.717) is 6.54 Å². The van der Waals surface area contributed by atoms with Crippen molar-refractivity contribution in [2.24, 2.45) is 0 Å². The van der Waals surface area contributed by atoms with E-state index in [2.05, 4.69) is 28.1 Å². The molecule has 1 heterocycles. The van der Waals surface area contributed by atoms with Crippen molar-refractivity contribution in [3.8, 4) is 0 Å². The minimum Gasteiger partial charge on any atom is -0.368 e. The average molecular weight is 394 g/mol. The highest BCUT2D eigenvalue weighted by Crippen LogP contribution is 2.25. The number of anilines is 1. The summed E-state index contributed by atoms with van der Waals surface area (Å²) in [6.45, 7) is 6.50. The molecule has 2 aromatic rings. The van der Waals surface area contributed by atoms with Crippen LogP contribution in [0.15, 0.2) is 42.5 Å². The smallest absolute Gasteiger partial charge is 0.169 e. The summed E-state index contributed by atoms with van der Waals surface area (Å²) in [6.07, 6.45) is 0. The monoisotopic (exact) mass is 393 g/mol. The number of thiocarbonyl (C=S) groups is 1. The quantitative estimate of drug-likeness (QED) is 0.773. The number of hydrogen-bond acceptors (Lipinski definition) is 2. The van der Waals surface area contributed by atoms with E-state index in [1.165, 1.54) is 16.8 Å². The molecule has 1 fully saturated rings. The van der Waals surface area contributed by atoms with E-state index in [1.54, 1.807) is 0 Å². The Balaban J connectivity index is 1.52. The molecule has 0 amide bonds. The first-order chi connectivity index (χ1) is 12.0. The van der Waals surface area contributed by atoms with Crippen molar-refractivity contribution in [1.29, 1.82) is 0 Å². The molecular formula is C19H21Cl2N3S. The molecule has 0 bridgehead atoms. The summed E-state index contributed by atoms with van der Waals surface area (Å²) in [5.74, 6) is 0. The number of piperazine rings is 1. The average Bonchev–Trinajstić information content (AvgIpc) is 2.63. The standard InChI is InChI=1S/C19H21Cl2N3S/c1-14-2-5-17(21)12-18(14)23-8-10-24(11-9-23)19(25)22-13-15-3-6-16(20)7-4-15/h2-7,12H,8-11,13H2,1H3,(H,22,25). The van der Waals surface area contributed by atoms with Gasteiger partial charge in [0.1, 0.15) is 0 Å². The Bertz CT molecular complexity index is 741. The predicted molar refractivity (Wildman–Crippen MR) is 111 cm³/mol. The van der Waals surface area contributed by atoms with Crippen LogP contribution in [0, 0.1) is 6.92 Å². The molecule has 1 aliphatic heterocycles. The van der Waals surface area contributed by atoms with Crippen LogP contribution >= 0.6 is 35.4 Å². The van der Waals surface area contributed by atoms with Crippen molar-refractivity contribution in [2.45, 2.75) is 13.5 Å². The molecule has 0 saturated carbocycles. The normalized spacial score (nSPS) is 14.5. The van der Waals surface area contributed by atoms with Gasteiger partial charge in [-0.1, -0.05) is 41.4 Å². The van der Waals surface area contributed by atoms with Crippen LogP contribution in [0.3, 0.4) is 0 Å². The number of hydrogen-bond donors (Lipinski definition) is 1. The molecule has 1 aliphatic rings. The lowest BCUT2D eigenvalue weighted by atomic mass is 10.1. The van der Waals surface area contributed by atoms with Gasteiger partial charge in [0, 0.05) is 48.5 Å². The second-order valence-electron chi connectivity index (χ2n) is 6.19. The molecule has 3 nitrogen and oxygen atoms in total. The van der Waals surface area contributed by atoms with Crippen molar-refractivity contribution in [2.75, 3.05) is 31.1 Å². The molecule has 0 aromatic heterocycles. The molecule has 1 saturated heterocycles. The molecule has 25 heavy (non-hydrogen) atoms. The summed E-state index contributed by atoms with van der Waals surface area (Å²) in [6, 6.07) is 13.9. The zero-order valence-corrected chi connectivity index (χ0v) is 16.5. The van der Waals surface area contributed by atoms with Gasteiger partial charge in [0.25, 0.3) is 0 Å². The first kappa shape index (κ1) is 18.3. The molecule has 1 N–H and O–H groups in total. The van der Waals surface area contributed by atoms with Gasteiger partial charge >= 0.3 is 0 Å². The topological polar surface area (TPSA) is 18.5 Å². The third-order valence-corrected chi connectivity index (χ3v) is 5.33. The molecule has 2 aromatic carbocycles. The van der Waals surface area contributed by atoms with Gasteiger partial charge in [0.2, 0.25) is 0 Å². The minimum atomic E-state index is 0.712. The Hall–Kier alpha value is -1.49. The van der Waals surface area contributed by atoms with Gasteiger partial charge in [0.15, 0.2) is 5.11 Å². The lowest BCUT2D eigenvalue weighted by molar-refractivity contribution is 0.380. The van der Waals surface area contributed by atoms with Crippen LogP contribution in [-0.2, 0) is 6.54 Å². The lowest BCUT2D eigenvalue weighted by Crippen LogP contribution is -2.51. The molecule has 6 heteroatoms. The Morgan fingerprint density at radius 2 is 1.64 bits per heavy atom. The van der Waals surface area contributed by atoms with Gasteiger partial charge < -0.3 is 15.1 Å². The van der Waals surface area contributed by atoms with Crippen LogP contribution in [-0.4, -0.2) is 36.2 Å². The fourth-order valence-corrected chi connectivity index (χ4v) is 3.51. The molecule has 0 spiro atoms. The van der Waals surface area contributed by atoms with E-state index in [1.807, 2.05) is 36.4 Å².